The highest BCUT2D eigenvalue weighted by atomic mass is 32.2. The number of sulfonamides is 1. The molecule has 1 unspecified atom stereocenters. The summed E-state index contributed by atoms with van der Waals surface area (Å²) >= 11 is 0. The number of rotatable bonds is 4. The van der Waals surface area contributed by atoms with E-state index in [1.807, 2.05) is 6.07 Å². The van der Waals surface area contributed by atoms with E-state index in [0.29, 0.717) is 24.2 Å². The molecule has 0 aromatic heterocycles. The van der Waals surface area contributed by atoms with Crippen LogP contribution in [-0.2, 0) is 16.4 Å². The van der Waals surface area contributed by atoms with Gasteiger partial charge in [0.1, 0.15) is 0 Å². The van der Waals surface area contributed by atoms with Crippen LogP contribution in [0.5, 0.6) is 0 Å². The summed E-state index contributed by atoms with van der Waals surface area (Å²) in [6, 6.07) is 6.86. The fraction of sp³-hybridized carbons (Fsp3) is 0.429. The largest absolute Gasteiger partial charge is 0.295 e. The zero-order valence-electron chi connectivity index (χ0n) is 11.5. The van der Waals surface area contributed by atoms with E-state index in [0.717, 1.165) is 5.56 Å². The number of benzene rings is 1. The van der Waals surface area contributed by atoms with Crippen LogP contribution in [0.3, 0.4) is 0 Å². The molecule has 1 aromatic rings. The van der Waals surface area contributed by atoms with Crippen molar-refractivity contribution in [3.63, 3.8) is 0 Å². The van der Waals surface area contributed by atoms with Gasteiger partial charge in [-0.25, -0.2) is 8.42 Å². The summed E-state index contributed by atoms with van der Waals surface area (Å²) in [5.74, 6) is -0.0439. The highest BCUT2D eigenvalue weighted by molar-refractivity contribution is 7.93. The van der Waals surface area contributed by atoms with E-state index >= 15 is 0 Å². The third-order valence-electron chi connectivity index (χ3n) is 3.52. The van der Waals surface area contributed by atoms with Gasteiger partial charge in [-0.1, -0.05) is 6.92 Å². The van der Waals surface area contributed by atoms with Gasteiger partial charge in [0.05, 0.1) is 11.8 Å². The topological polar surface area (TPSA) is 78.2 Å². The van der Waals surface area contributed by atoms with Crippen LogP contribution in [0.25, 0.3) is 0 Å². The fourth-order valence-electron chi connectivity index (χ4n) is 2.38. The van der Waals surface area contributed by atoms with Crippen LogP contribution in [0, 0.1) is 11.3 Å². The number of carbonyl (C=O) groups is 1. The smallest absolute Gasteiger partial charge is 0.251 e. The molecule has 0 fully saturated rings. The molecule has 1 aliphatic rings. The molecule has 5 nitrogen and oxygen atoms in total. The lowest BCUT2D eigenvalue weighted by atomic mass is 10.1. The van der Waals surface area contributed by atoms with Gasteiger partial charge in [0.2, 0.25) is 0 Å². The van der Waals surface area contributed by atoms with Crippen molar-refractivity contribution in [2.75, 3.05) is 10.8 Å². The van der Waals surface area contributed by atoms with Gasteiger partial charge >= 0.3 is 0 Å². The summed E-state index contributed by atoms with van der Waals surface area (Å²) in [4.78, 5) is 11.3. The number of ketones is 1. The summed E-state index contributed by atoms with van der Waals surface area (Å²) in [6.45, 7) is 3.49. The molecule has 2 rings (SSSR count). The predicted octanol–water partition coefficient (Wildman–Crippen LogP) is 1.88. The van der Waals surface area contributed by atoms with Crippen molar-refractivity contribution in [2.45, 2.75) is 31.9 Å². The van der Waals surface area contributed by atoms with E-state index in [1.165, 1.54) is 11.2 Å². The summed E-state index contributed by atoms with van der Waals surface area (Å²) in [5.41, 5.74) is 2.01. The van der Waals surface area contributed by atoms with E-state index in [9.17, 15) is 13.2 Å². The molecular weight excluding hydrogens is 276 g/mol. The number of hydrogen-bond acceptors (Lipinski definition) is 4. The molecule has 0 radical (unpaired) electrons. The van der Waals surface area contributed by atoms with E-state index in [4.69, 9.17) is 5.26 Å². The average molecular weight is 292 g/mol. The molecule has 1 heterocycles. The molecule has 106 valence electrons. The Morgan fingerprint density at radius 3 is 2.75 bits per heavy atom. The third kappa shape index (κ3) is 2.29. The van der Waals surface area contributed by atoms with Gasteiger partial charge < -0.3 is 0 Å². The lowest BCUT2D eigenvalue weighted by Gasteiger charge is -2.22. The van der Waals surface area contributed by atoms with Gasteiger partial charge in [-0.05, 0) is 43.5 Å². The van der Waals surface area contributed by atoms with Crippen molar-refractivity contribution >= 4 is 21.5 Å². The normalized spacial score (nSPS) is 15.6. The second-order valence-electron chi connectivity index (χ2n) is 4.79. The monoisotopic (exact) mass is 292 g/mol. The Balaban J connectivity index is 2.43. The SMILES string of the molecule is CCC(C#N)S(=O)(=O)N1CCc2cc(C(C)=O)ccc21. The zero-order chi connectivity index (χ0) is 14.9. The Labute approximate surface area is 118 Å². The molecule has 1 aliphatic heterocycles. The first-order valence-electron chi connectivity index (χ1n) is 6.46. The number of nitrogens with zero attached hydrogens (tertiary/aromatic N) is 2. The van der Waals surface area contributed by atoms with Crippen LogP contribution >= 0.6 is 0 Å². The Kier molecular flexibility index (Phi) is 3.82. The lowest BCUT2D eigenvalue weighted by Crippen LogP contribution is -2.36. The van der Waals surface area contributed by atoms with Crippen LogP contribution in [0.4, 0.5) is 5.69 Å². The van der Waals surface area contributed by atoms with Crippen molar-refractivity contribution in [3.05, 3.63) is 29.3 Å². The van der Waals surface area contributed by atoms with Crippen LogP contribution in [0.1, 0.15) is 36.2 Å². The summed E-state index contributed by atoms with van der Waals surface area (Å²) in [7, 11) is -3.66. The molecule has 1 aromatic carbocycles. The standard InChI is InChI=1S/C14H16N2O3S/c1-3-13(9-15)20(18,19)16-7-6-12-8-11(10(2)17)4-5-14(12)16/h4-5,8,13H,3,6-7H2,1-2H3. The van der Waals surface area contributed by atoms with Gasteiger partial charge in [0.25, 0.3) is 10.0 Å². The second-order valence-corrected chi connectivity index (χ2v) is 6.83. The van der Waals surface area contributed by atoms with Crippen molar-refractivity contribution in [2.24, 2.45) is 0 Å². The maximum absolute atomic E-state index is 12.4. The zero-order valence-corrected chi connectivity index (χ0v) is 12.3. The Hall–Kier alpha value is -1.87. The first-order valence-corrected chi connectivity index (χ1v) is 7.97. The number of anilines is 1. The summed E-state index contributed by atoms with van der Waals surface area (Å²) in [5, 5.41) is 7.96. The molecule has 0 bridgehead atoms. The molecule has 0 spiro atoms. The molecule has 1 atom stereocenters. The van der Waals surface area contributed by atoms with Gasteiger partial charge in [0, 0.05) is 12.1 Å². The van der Waals surface area contributed by atoms with Crippen LogP contribution < -0.4 is 4.31 Å². The maximum atomic E-state index is 12.4. The molecule has 6 heteroatoms. The maximum Gasteiger partial charge on any atom is 0.251 e. The molecule has 0 amide bonds. The highest BCUT2D eigenvalue weighted by Gasteiger charge is 2.35. The van der Waals surface area contributed by atoms with E-state index in [1.54, 1.807) is 25.1 Å². The summed E-state index contributed by atoms with van der Waals surface area (Å²) in [6.07, 6.45) is 0.827. The molecular formula is C14H16N2O3S. The van der Waals surface area contributed by atoms with E-state index < -0.39 is 15.3 Å². The van der Waals surface area contributed by atoms with E-state index in [2.05, 4.69) is 0 Å². The Morgan fingerprint density at radius 2 is 2.20 bits per heavy atom. The van der Waals surface area contributed by atoms with E-state index in [-0.39, 0.29) is 12.2 Å². The summed E-state index contributed by atoms with van der Waals surface area (Å²) < 4.78 is 26.1. The van der Waals surface area contributed by atoms with Crippen molar-refractivity contribution in [1.29, 1.82) is 5.26 Å². The average Bonchev–Trinajstić information content (AvgIpc) is 2.83. The number of Topliss-reactive ketones (excluding diaryl/α,β-unsaturated/α-hetero) is 1. The first kappa shape index (κ1) is 14.5. The van der Waals surface area contributed by atoms with Gasteiger partial charge in [-0.3, -0.25) is 9.10 Å². The molecule has 0 saturated carbocycles. The second kappa shape index (κ2) is 5.25. The number of carbonyl (C=O) groups excluding carboxylic acids is 1. The third-order valence-corrected chi connectivity index (χ3v) is 5.67. The Morgan fingerprint density at radius 1 is 1.50 bits per heavy atom. The number of nitriles is 1. The minimum Gasteiger partial charge on any atom is -0.295 e. The number of hydrogen-bond donors (Lipinski definition) is 0. The first-order chi connectivity index (χ1) is 9.41. The van der Waals surface area contributed by atoms with Crippen molar-refractivity contribution < 1.29 is 13.2 Å². The van der Waals surface area contributed by atoms with Gasteiger partial charge in [0.15, 0.2) is 11.0 Å². The minimum atomic E-state index is -3.66. The lowest BCUT2D eigenvalue weighted by molar-refractivity contribution is 0.101. The quantitative estimate of drug-likeness (QED) is 0.794. The predicted molar refractivity (Wildman–Crippen MR) is 76.1 cm³/mol. The molecule has 20 heavy (non-hydrogen) atoms. The van der Waals surface area contributed by atoms with Crippen LogP contribution in [-0.4, -0.2) is 26.0 Å². The van der Waals surface area contributed by atoms with Crippen molar-refractivity contribution in [1.82, 2.24) is 0 Å². The van der Waals surface area contributed by atoms with Crippen LogP contribution in [0.15, 0.2) is 18.2 Å². The van der Waals surface area contributed by atoms with Gasteiger partial charge in [-0.2, -0.15) is 5.26 Å². The van der Waals surface area contributed by atoms with Crippen molar-refractivity contribution in [3.8, 4) is 6.07 Å². The fourth-order valence-corrected chi connectivity index (χ4v) is 4.04. The van der Waals surface area contributed by atoms with Gasteiger partial charge in [-0.15, -0.1) is 0 Å². The number of fused-ring (bicyclic) bond motifs is 1. The highest BCUT2D eigenvalue weighted by Crippen LogP contribution is 2.32. The minimum absolute atomic E-state index is 0.0439. The molecule has 0 saturated heterocycles. The molecule has 0 aliphatic carbocycles. The van der Waals surface area contributed by atoms with Crippen LogP contribution in [0.2, 0.25) is 0 Å². The Bertz CT molecular complexity index is 689. The molecule has 0 N–H and O–H groups in total.